The molecule has 1 amide bonds. The number of benzene rings is 1. The third-order valence-electron chi connectivity index (χ3n) is 6.33. The third-order valence-corrected chi connectivity index (χ3v) is 6.33. The summed E-state index contributed by atoms with van der Waals surface area (Å²) in [6, 6.07) is 7.53. The molecule has 0 saturated carbocycles. The number of carbonyl (C=O) groups is 1. The molecule has 7 nitrogen and oxygen atoms in total. The van der Waals surface area contributed by atoms with Crippen molar-refractivity contribution < 1.29 is 14.1 Å². The van der Waals surface area contributed by atoms with Gasteiger partial charge in [0, 0.05) is 37.4 Å². The van der Waals surface area contributed by atoms with Gasteiger partial charge in [0.25, 0.3) is 5.91 Å². The Morgan fingerprint density at radius 3 is 2.67 bits per heavy atom. The Balaban J connectivity index is 1.74. The van der Waals surface area contributed by atoms with Crippen molar-refractivity contribution in [2.75, 3.05) is 13.7 Å². The zero-order chi connectivity index (χ0) is 23.4. The predicted octanol–water partition coefficient (Wildman–Crippen LogP) is 5.21. The average Bonchev–Trinajstić information content (AvgIpc) is 3.17. The van der Waals surface area contributed by atoms with Gasteiger partial charge in [0.05, 0.1) is 29.6 Å². The Kier molecular flexibility index (Phi) is 7.18. The third kappa shape index (κ3) is 4.83. The van der Waals surface area contributed by atoms with E-state index in [0.717, 1.165) is 66.0 Å². The molecule has 1 atom stereocenters. The number of ether oxygens (including phenoxy) is 1. The fourth-order valence-electron chi connectivity index (χ4n) is 4.41. The van der Waals surface area contributed by atoms with Crippen molar-refractivity contribution in [1.29, 1.82) is 0 Å². The summed E-state index contributed by atoms with van der Waals surface area (Å²) in [5.41, 5.74) is 5.23. The second-order valence-electron chi connectivity index (χ2n) is 8.70. The number of nitrogens with zero attached hydrogens (tertiary/aromatic N) is 4. The van der Waals surface area contributed by atoms with E-state index < -0.39 is 0 Å². The molecule has 7 heteroatoms. The van der Waals surface area contributed by atoms with E-state index >= 15 is 0 Å². The molecule has 1 aliphatic rings. The van der Waals surface area contributed by atoms with E-state index in [0.29, 0.717) is 24.5 Å². The van der Waals surface area contributed by atoms with Crippen LogP contribution in [0.2, 0.25) is 0 Å². The molecular weight excluding hydrogens is 416 g/mol. The minimum Gasteiger partial charge on any atom is -0.380 e. The first kappa shape index (κ1) is 23.1. The van der Waals surface area contributed by atoms with Crippen LogP contribution >= 0.6 is 0 Å². The van der Waals surface area contributed by atoms with Crippen LogP contribution in [0.15, 0.2) is 35.0 Å². The first-order valence-corrected chi connectivity index (χ1v) is 11.7. The summed E-state index contributed by atoms with van der Waals surface area (Å²) in [6.45, 7) is 7.27. The van der Waals surface area contributed by atoms with Crippen LogP contribution in [0.1, 0.15) is 77.3 Å². The quantitative estimate of drug-likeness (QED) is 0.493. The highest BCUT2D eigenvalue weighted by Crippen LogP contribution is 2.38. The van der Waals surface area contributed by atoms with Crippen LogP contribution in [0, 0.1) is 13.8 Å². The van der Waals surface area contributed by atoms with Crippen LogP contribution in [0.4, 0.5) is 0 Å². The summed E-state index contributed by atoms with van der Waals surface area (Å²) in [5.74, 6) is 1.51. The minimum atomic E-state index is -0.136. The van der Waals surface area contributed by atoms with Crippen LogP contribution in [-0.2, 0) is 17.8 Å². The molecule has 1 aromatic carbocycles. The maximum atomic E-state index is 13.6. The standard InChI is InChI=1S/C26H32N4O3/c1-5-8-23-27-15-21(25-17(2)18(3)29-33-25)24(28-23)22-9-6-7-14-30(22)26(31)20-12-10-19(11-13-20)16-32-4/h10-13,15,22H,5-9,14,16H2,1-4H3/t22-/m0/s1. The maximum absolute atomic E-state index is 13.6. The zero-order valence-electron chi connectivity index (χ0n) is 19.9. The number of methoxy groups -OCH3 is 1. The molecule has 0 unspecified atom stereocenters. The van der Waals surface area contributed by atoms with Gasteiger partial charge in [-0.15, -0.1) is 0 Å². The molecule has 2 aromatic heterocycles. The molecule has 33 heavy (non-hydrogen) atoms. The van der Waals surface area contributed by atoms with E-state index in [2.05, 4.69) is 17.1 Å². The second kappa shape index (κ2) is 10.3. The SMILES string of the molecule is CCCc1ncc(-c2onc(C)c2C)c([C@@H]2CCCCN2C(=O)c2ccc(COC)cc2)n1. The number of aromatic nitrogens is 3. The van der Waals surface area contributed by atoms with E-state index in [1.165, 1.54) is 0 Å². The van der Waals surface area contributed by atoms with Gasteiger partial charge in [-0.2, -0.15) is 0 Å². The summed E-state index contributed by atoms with van der Waals surface area (Å²) in [4.78, 5) is 25.1. The van der Waals surface area contributed by atoms with Crippen LogP contribution in [-0.4, -0.2) is 39.6 Å². The molecule has 3 aromatic rings. The molecule has 0 bridgehead atoms. The smallest absolute Gasteiger partial charge is 0.254 e. The average molecular weight is 449 g/mol. The van der Waals surface area contributed by atoms with Crippen LogP contribution in [0.5, 0.6) is 0 Å². The first-order valence-electron chi connectivity index (χ1n) is 11.7. The van der Waals surface area contributed by atoms with Gasteiger partial charge in [-0.1, -0.05) is 24.2 Å². The Hall–Kier alpha value is -3.06. The Bertz CT molecular complexity index is 1110. The molecule has 0 radical (unpaired) electrons. The molecule has 0 N–H and O–H groups in total. The van der Waals surface area contributed by atoms with Crippen molar-refractivity contribution in [2.24, 2.45) is 0 Å². The van der Waals surface area contributed by atoms with Crippen molar-refractivity contribution in [1.82, 2.24) is 20.0 Å². The van der Waals surface area contributed by atoms with Crippen LogP contribution in [0.3, 0.4) is 0 Å². The number of amides is 1. The van der Waals surface area contributed by atoms with E-state index in [1.807, 2.05) is 49.2 Å². The Labute approximate surface area is 195 Å². The number of carbonyl (C=O) groups excluding carboxylic acids is 1. The number of likely N-dealkylation sites (tertiary alicyclic amines) is 1. The molecular formula is C26H32N4O3. The Morgan fingerprint density at radius 1 is 1.21 bits per heavy atom. The van der Waals surface area contributed by atoms with Crippen molar-refractivity contribution in [3.63, 3.8) is 0 Å². The Morgan fingerprint density at radius 2 is 2.00 bits per heavy atom. The molecule has 1 fully saturated rings. The molecule has 4 rings (SSSR count). The van der Waals surface area contributed by atoms with Crippen LogP contribution < -0.4 is 0 Å². The van der Waals surface area contributed by atoms with Gasteiger partial charge in [0.15, 0.2) is 5.76 Å². The number of hydrogen-bond donors (Lipinski definition) is 0. The van der Waals surface area contributed by atoms with Gasteiger partial charge in [-0.25, -0.2) is 9.97 Å². The fraction of sp³-hybridized carbons (Fsp3) is 0.462. The topological polar surface area (TPSA) is 81.4 Å². The van der Waals surface area contributed by atoms with Gasteiger partial charge in [-0.3, -0.25) is 4.79 Å². The lowest BCUT2D eigenvalue weighted by atomic mass is 9.93. The van der Waals surface area contributed by atoms with E-state index in [4.69, 9.17) is 14.2 Å². The van der Waals surface area contributed by atoms with Gasteiger partial charge >= 0.3 is 0 Å². The number of aryl methyl sites for hydroxylation is 2. The van der Waals surface area contributed by atoms with E-state index in [9.17, 15) is 4.79 Å². The highest BCUT2D eigenvalue weighted by molar-refractivity contribution is 5.94. The monoisotopic (exact) mass is 448 g/mol. The summed E-state index contributed by atoms with van der Waals surface area (Å²) in [7, 11) is 1.67. The van der Waals surface area contributed by atoms with Gasteiger partial charge in [0.2, 0.25) is 0 Å². The normalized spacial score (nSPS) is 16.2. The summed E-state index contributed by atoms with van der Waals surface area (Å²) in [5, 5.41) is 4.14. The highest BCUT2D eigenvalue weighted by Gasteiger charge is 2.33. The molecule has 3 heterocycles. The largest absolute Gasteiger partial charge is 0.380 e. The summed E-state index contributed by atoms with van der Waals surface area (Å²) in [6.07, 6.45) is 6.48. The molecule has 174 valence electrons. The number of piperidine rings is 1. The number of hydrogen-bond acceptors (Lipinski definition) is 6. The lowest BCUT2D eigenvalue weighted by Gasteiger charge is -2.36. The zero-order valence-corrected chi connectivity index (χ0v) is 19.9. The van der Waals surface area contributed by atoms with E-state index in [1.54, 1.807) is 7.11 Å². The lowest BCUT2D eigenvalue weighted by molar-refractivity contribution is 0.0606. The van der Waals surface area contributed by atoms with E-state index in [-0.39, 0.29) is 11.9 Å². The highest BCUT2D eigenvalue weighted by atomic mass is 16.5. The second-order valence-corrected chi connectivity index (χ2v) is 8.70. The molecule has 1 saturated heterocycles. The van der Waals surface area contributed by atoms with Gasteiger partial charge < -0.3 is 14.2 Å². The van der Waals surface area contributed by atoms with Crippen molar-refractivity contribution in [2.45, 2.75) is 65.5 Å². The molecule has 0 aliphatic carbocycles. The first-order chi connectivity index (χ1) is 16.0. The number of rotatable bonds is 7. The summed E-state index contributed by atoms with van der Waals surface area (Å²) >= 11 is 0. The van der Waals surface area contributed by atoms with Crippen molar-refractivity contribution >= 4 is 5.91 Å². The summed E-state index contributed by atoms with van der Waals surface area (Å²) < 4.78 is 10.9. The van der Waals surface area contributed by atoms with Crippen molar-refractivity contribution in [3.8, 4) is 11.3 Å². The minimum absolute atomic E-state index is 0.0238. The maximum Gasteiger partial charge on any atom is 0.254 e. The fourth-order valence-corrected chi connectivity index (χ4v) is 4.41. The van der Waals surface area contributed by atoms with Crippen LogP contribution in [0.25, 0.3) is 11.3 Å². The van der Waals surface area contributed by atoms with Crippen molar-refractivity contribution in [3.05, 3.63) is 64.4 Å². The molecule has 1 aliphatic heterocycles. The van der Waals surface area contributed by atoms with Gasteiger partial charge in [0.1, 0.15) is 5.82 Å². The predicted molar refractivity (Wildman–Crippen MR) is 126 cm³/mol. The lowest BCUT2D eigenvalue weighted by Crippen LogP contribution is -2.39. The van der Waals surface area contributed by atoms with Gasteiger partial charge in [-0.05, 0) is 57.2 Å². The molecule has 0 spiro atoms.